The van der Waals surface area contributed by atoms with E-state index in [1.807, 2.05) is 30.3 Å². The minimum Gasteiger partial charge on any atom is -0.497 e. The van der Waals surface area contributed by atoms with Crippen molar-refractivity contribution < 1.29 is 9.47 Å². The van der Waals surface area contributed by atoms with Gasteiger partial charge >= 0.3 is 0 Å². The van der Waals surface area contributed by atoms with E-state index in [1.165, 1.54) is 46.7 Å². The van der Waals surface area contributed by atoms with Gasteiger partial charge in [0, 0.05) is 29.4 Å². The molecule has 0 N–H and O–H groups in total. The second kappa shape index (κ2) is 10.00. The SMILES string of the molecule is COc1ccc(OCc2ccccc2)c(Pc2ccc(C)cc2N2CCCCC2)c1. The molecule has 0 saturated carbocycles. The Balaban J connectivity index is 1.61. The molecule has 156 valence electrons. The molecule has 4 rings (SSSR count). The predicted molar refractivity (Wildman–Crippen MR) is 129 cm³/mol. The van der Waals surface area contributed by atoms with E-state index < -0.39 is 0 Å². The summed E-state index contributed by atoms with van der Waals surface area (Å²) in [5.74, 6) is 1.80. The molecule has 0 spiro atoms. The zero-order valence-electron chi connectivity index (χ0n) is 17.9. The van der Waals surface area contributed by atoms with Gasteiger partial charge < -0.3 is 14.4 Å². The van der Waals surface area contributed by atoms with E-state index in [4.69, 9.17) is 9.47 Å². The molecule has 1 aliphatic heterocycles. The third kappa shape index (κ3) is 5.15. The minimum atomic E-state index is 0.515. The fourth-order valence-electron chi connectivity index (χ4n) is 3.88. The van der Waals surface area contributed by atoms with Crippen molar-refractivity contribution in [2.75, 3.05) is 25.1 Å². The van der Waals surface area contributed by atoms with E-state index in [9.17, 15) is 0 Å². The maximum absolute atomic E-state index is 6.24. The van der Waals surface area contributed by atoms with E-state index in [-0.39, 0.29) is 0 Å². The van der Waals surface area contributed by atoms with Gasteiger partial charge in [-0.15, -0.1) is 0 Å². The summed E-state index contributed by atoms with van der Waals surface area (Å²) in [6.45, 7) is 5.05. The number of anilines is 1. The monoisotopic (exact) mass is 419 g/mol. The number of ether oxygens (including phenoxy) is 2. The lowest BCUT2D eigenvalue weighted by atomic mass is 10.1. The largest absolute Gasteiger partial charge is 0.497 e. The second-order valence-electron chi connectivity index (χ2n) is 7.83. The molecular weight excluding hydrogens is 389 g/mol. The molecule has 3 aromatic rings. The van der Waals surface area contributed by atoms with Crippen LogP contribution in [0.2, 0.25) is 0 Å². The van der Waals surface area contributed by atoms with Gasteiger partial charge in [-0.1, -0.05) is 51.0 Å². The molecular formula is C26H30NO2P. The summed E-state index contributed by atoms with van der Waals surface area (Å²) in [6, 6.07) is 23.3. The van der Waals surface area contributed by atoms with Crippen LogP contribution in [0.3, 0.4) is 0 Å². The van der Waals surface area contributed by atoms with Gasteiger partial charge in [0.2, 0.25) is 0 Å². The van der Waals surface area contributed by atoms with Crippen LogP contribution in [0, 0.1) is 6.92 Å². The van der Waals surface area contributed by atoms with Crippen LogP contribution in [-0.4, -0.2) is 20.2 Å². The lowest BCUT2D eigenvalue weighted by Crippen LogP contribution is -2.32. The Labute approximate surface area is 181 Å². The number of hydrogen-bond donors (Lipinski definition) is 0. The Morgan fingerprint density at radius 3 is 2.43 bits per heavy atom. The summed E-state index contributed by atoms with van der Waals surface area (Å²) in [4.78, 5) is 2.56. The summed E-state index contributed by atoms with van der Waals surface area (Å²) in [5, 5.41) is 2.56. The third-order valence-corrected chi connectivity index (χ3v) is 6.90. The molecule has 3 nitrogen and oxygen atoms in total. The molecule has 30 heavy (non-hydrogen) atoms. The van der Waals surface area contributed by atoms with Gasteiger partial charge in [-0.2, -0.15) is 0 Å². The van der Waals surface area contributed by atoms with Crippen molar-refractivity contribution in [3.8, 4) is 11.5 Å². The second-order valence-corrected chi connectivity index (χ2v) is 9.16. The van der Waals surface area contributed by atoms with E-state index in [1.54, 1.807) is 7.11 Å². The first kappa shape index (κ1) is 20.8. The van der Waals surface area contributed by atoms with Crippen LogP contribution in [0.4, 0.5) is 5.69 Å². The molecule has 0 aliphatic carbocycles. The van der Waals surface area contributed by atoms with Crippen molar-refractivity contribution in [2.24, 2.45) is 0 Å². The molecule has 0 aromatic heterocycles. The van der Waals surface area contributed by atoms with Gasteiger partial charge in [0.05, 0.1) is 7.11 Å². The molecule has 1 atom stereocenters. The summed E-state index contributed by atoms with van der Waals surface area (Å²) in [5.41, 5.74) is 3.87. The van der Waals surface area contributed by atoms with Gasteiger partial charge in [-0.05, 0) is 61.6 Å². The predicted octanol–water partition coefficient (Wildman–Crippen LogP) is 5.20. The van der Waals surface area contributed by atoms with Crippen molar-refractivity contribution in [3.05, 3.63) is 77.9 Å². The van der Waals surface area contributed by atoms with E-state index in [0.717, 1.165) is 24.6 Å². The van der Waals surface area contributed by atoms with Crippen LogP contribution >= 0.6 is 8.58 Å². The quantitative estimate of drug-likeness (QED) is 0.491. The first-order valence-electron chi connectivity index (χ1n) is 10.7. The Bertz CT molecular complexity index is 968. The molecule has 1 aliphatic rings. The molecule has 0 bridgehead atoms. The van der Waals surface area contributed by atoms with Crippen molar-refractivity contribution in [2.45, 2.75) is 32.8 Å². The molecule has 4 heteroatoms. The highest BCUT2D eigenvalue weighted by Crippen LogP contribution is 2.29. The Kier molecular flexibility index (Phi) is 6.92. The molecule has 1 saturated heterocycles. The molecule has 1 heterocycles. The van der Waals surface area contributed by atoms with Gasteiger partial charge in [0.15, 0.2) is 0 Å². The molecule has 0 amide bonds. The van der Waals surface area contributed by atoms with Crippen LogP contribution in [0.25, 0.3) is 0 Å². The van der Waals surface area contributed by atoms with Crippen LogP contribution in [-0.2, 0) is 6.61 Å². The molecule has 3 aromatic carbocycles. The Morgan fingerprint density at radius 1 is 0.867 bits per heavy atom. The number of nitrogens with zero attached hydrogens (tertiary/aromatic N) is 1. The van der Waals surface area contributed by atoms with Crippen LogP contribution in [0.5, 0.6) is 11.5 Å². The Morgan fingerprint density at radius 2 is 1.67 bits per heavy atom. The number of benzene rings is 3. The first-order valence-corrected chi connectivity index (χ1v) is 11.7. The number of piperidine rings is 1. The number of methoxy groups -OCH3 is 1. The van der Waals surface area contributed by atoms with Gasteiger partial charge in [0.25, 0.3) is 0 Å². The zero-order chi connectivity index (χ0) is 20.8. The summed E-state index contributed by atoms with van der Waals surface area (Å²) < 4.78 is 11.8. The standard InChI is InChI=1S/C26H30NO2P/c1-20-11-14-25(23(17-20)27-15-7-4-8-16-27)30-26-18-22(28-2)12-13-24(26)29-19-21-9-5-3-6-10-21/h3,5-6,9-14,17-18,30H,4,7-8,15-16,19H2,1-2H3. The Hall–Kier alpha value is -2.51. The summed E-state index contributed by atoms with van der Waals surface area (Å²) in [6.07, 6.45) is 3.90. The molecule has 1 unspecified atom stereocenters. The average Bonchev–Trinajstić information content (AvgIpc) is 2.80. The van der Waals surface area contributed by atoms with Crippen molar-refractivity contribution in [3.63, 3.8) is 0 Å². The van der Waals surface area contributed by atoms with E-state index in [2.05, 4.69) is 48.2 Å². The van der Waals surface area contributed by atoms with Gasteiger partial charge in [-0.3, -0.25) is 0 Å². The van der Waals surface area contributed by atoms with Crippen molar-refractivity contribution >= 4 is 24.9 Å². The normalized spacial score (nSPS) is 14.3. The van der Waals surface area contributed by atoms with Crippen molar-refractivity contribution in [1.29, 1.82) is 0 Å². The van der Waals surface area contributed by atoms with Gasteiger partial charge in [-0.25, -0.2) is 0 Å². The average molecular weight is 420 g/mol. The maximum Gasteiger partial charge on any atom is 0.127 e. The number of hydrogen-bond acceptors (Lipinski definition) is 3. The highest BCUT2D eigenvalue weighted by Gasteiger charge is 2.17. The molecule has 1 fully saturated rings. The third-order valence-electron chi connectivity index (χ3n) is 5.54. The minimum absolute atomic E-state index is 0.515. The number of aryl methyl sites for hydroxylation is 1. The summed E-state index contributed by atoms with van der Waals surface area (Å²) >= 11 is 0. The topological polar surface area (TPSA) is 21.7 Å². The lowest BCUT2D eigenvalue weighted by molar-refractivity contribution is 0.308. The zero-order valence-corrected chi connectivity index (χ0v) is 18.9. The van der Waals surface area contributed by atoms with E-state index in [0.29, 0.717) is 15.2 Å². The highest BCUT2D eigenvalue weighted by atomic mass is 31.1. The number of rotatable bonds is 7. The maximum atomic E-state index is 6.24. The fourth-order valence-corrected chi connectivity index (χ4v) is 5.19. The van der Waals surface area contributed by atoms with Crippen LogP contribution in [0.15, 0.2) is 66.7 Å². The van der Waals surface area contributed by atoms with Gasteiger partial charge in [0.1, 0.15) is 18.1 Å². The van der Waals surface area contributed by atoms with E-state index >= 15 is 0 Å². The highest BCUT2D eigenvalue weighted by molar-refractivity contribution is 7.56. The van der Waals surface area contributed by atoms with Crippen LogP contribution in [0.1, 0.15) is 30.4 Å². The van der Waals surface area contributed by atoms with Crippen LogP contribution < -0.4 is 25.0 Å². The lowest BCUT2D eigenvalue weighted by Gasteiger charge is -2.31. The smallest absolute Gasteiger partial charge is 0.127 e. The molecule has 0 radical (unpaired) electrons. The first-order chi connectivity index (χ1) is 14.7. The van der Waals surface area contributed by atoms with Crippen molar-refractivity contribution in [1.82, 2.24) is 0 Å². The summed E-state index contributed by atoms with van der Waals surface area (Å²) in [7, 11) is 2.24. The fraction of sp³-hybridized carbons (Fsp3) is 0.308.